The lowest BCUT2D eigenvalue weighted by atomic mass is 9.86. The van der Waals surface area contributed by atoms with Crippen LogP contribution in [0.3, 0.4) is 0 Å². The van der Waals surface area contributed by atoms with Crippen LogP contribution in [0.4, 0.5) is 0 Å². The Morgan fingerprint density at radius 1 is 1.18 bits per heavy atom. The number of fused-ring (bicyclic) bond motifs is 3. The van der Waals surface area contributed by atoms with Crippen molar-refractivity contribution in [2.45, 2.75) is 33.0 Å². The number of nitrogens with one attached hydrogen (secondary N) is 1. The minimum absolute atomic E-state index is 0.198. The van der Waals surface area contributed by atoms with E-state index in [-0.39, 0.29) is 11.8 Å². The lowest BCUT2D eigenvalue weighted by Gasteiger charge is -2.29. The molecule has 2 unspecified atom stereocenters. The van der Waals surface area contributed by atoms with Gasteiger partial charge in [0, 0.05) is 60.7 Å². The van der Waals surface area contributed by atoms with Gasteiger partial charge in [0.2, 0.25) is 0 Å². The summed E-state index contributed by atoms with van der Waals surface area (Å²) in [6, 6.07) is 17.0. The molecule has 6 nitrogen and oxygen atoms in total. The molecule has 5 rings (SSSR count). The number of para-hydroxylation sites is 1. The highest BCUT2D eigenvalue weighted by Gasteiger charge is 2.27. The van der Waals surface area contributed by atoms with E-state index in [0.29, 0.717) is 5.57 Å². The molecule has 2 N–H and O–H groups in total. The largest absolute Gasteiger partial charge is 0.497 e. The highest BCUT2D eigenvalue weighted by Crippen LogP contribution is 2.34. The van der Waals surface area contributed by atoms with Crippen LogP contribution < -0.4 is 10.2 Å². The van der Waals surface area contributed by atoms with Gasteiger partial charge < -0.3 is 9.30 Å². The Morgan fingerprint density at radius 3 is 2.71 bits per heavy atom. The molecular formula is C28H31N3O3. The number of carbonyl (C=O) groups is 1. The molecular weight excluding hydrogens is 426 g/mol. The molecule has 176 valence electrons. The van der Waals surface area contributed by atoms with Crippen LogP contribution in [0, 0.1) is 11.8 Å². The quantitative estimate of drug-likeness (QED) is 0.424. The van der Waals surface area contributed by atoms with Gasteiger partial charge in [-0.3, -0.25) is 14.9 Å². The number of amides is 1. The van der Waals surface area contributed by atoms with E-state index < -0.39 is 5.91 Å². The maximum absolute atomic E-state index is 11.8. The molecule has 0 fully saturated rings. The van der Waals surface area contributed by atoms with E-state index in [0.717, 1.165) is 38.3 Å². The molecule has 1 amide bonds. The topological polar surface area (TPSA) is 66.7 Å². The molecule has 1 aromatic heterocycles. The van der Waals surface area contributed by atoms with Gasteiger partial charge in [-0.15, -0.1) is 0 Å². The van der Waals surface area contributed by atoms with Crippen molar-refractivity contribution in [1.82, 2.24) is 14.9 Å². The molecule has 3 aromatic rings. The number of ether oxygens (including phenoxy) is 1. The van der Waals surface area contributed by atoms with Crippen LogP contribution >= 0.6 is 0 Å². The van der Waals surface area contributed by atoms with Crippen LogP contribution in [0.5, 0.6) is 5.75 Å². The zero-order chi connectivity index (χ0) is 23.7. The van der Waals surface area contributed by atoms with Crippen molar-refractivity contribution in [2.24, 2.45) is 11.8 Å². The van der Waals surface area contributed by atoms with Crippen molar-refractivity contribution < 1.29 is 14.7 Å². The van der Waals surface area contributed by atoms with Crippen molar-refractivity contribution >= 4 is 16.8 Å². The van der Waals surface area contributed by atoms with Crippen molar-refractivity contribution in [2.75, 3.05) is 13.7 Å². The first-order valence-electron chi connectivity index (χ1n) is 11.9. The Balaban J connectivity index is 1.39. The molecule has 0 saturated carbocycles. The maximum Gasteiger partial charge on any atom is 0.274 e. The number of hydroxylamine groups is 1. The second-order valence-electron chi connectivity index (χ2n) is 9.31. The number of benzene rings is 2. The standard InChI is InChI=1S/C28H31N3O3/c1-19-15-21(28(32)29-33)9-10-22(19)17-31-26-6-4-3-5-24(26)25-18-30(14-13-27(25)31)16-20-7-11-23(34-2)12-8-20/h3-12,15,19,22,33H,13-14,16-18H2,1-2H3,(H,29,32). The number of hydrogen-bond acceptors (Lipinski definition) is 4. The Morgan fingerprint density at radius 2 is 1.97 bits per heavy atom. The van der Waals surface area contributed by atoms with Crippen molar-refractivity contribution in [3.05, 3.63) is 89.2 Å². The summed E-state index contributed by atoms with van der Waals surface area (Å²) < 4.78 is 7.79. The first-order valence-corrected chi connectivity index (χ1v) is 11.9. The number of hydrogen-bond donors (Lipinski definition) is 2. The lowest BCUT2D eigenvalue weighted by Crippen LogP contribution is -2.31. The fraction of sp³-hybridized carbons (Fsp3) is 0.321. The van der Waals surface area contributed by atoms with Crippen molar-refractivity contribution in [1.29, 1.82) is 0 Å². The summed E-state index contributed by atoms with van der Waals surface area (Å²) in [6.07, 6.45) is 6.89. The Kier molecular flexibility index (Phi) is 6.26. The van der Waals surface area contributed by atoms with Gasteiger partial charge >= 0.3 is 0 Å². The molecule has 2 heterocycles. The Labute approximate surface area is 200 Å². The molecule has 0 spiro atoms. The molecule has 1 aliphatic heterocycles. The monoisotopic (exact) mass is 457 g/mol. The van der Waals surface area contributed by atoms with Gasteiger partial charge in [0.05, 0.1) is 7.11 Å². The fourth-order valence-electron chi connectivity index (χ4n) is 5.31. The SMILES string of the molecule is COc1ccc(CN2CCc3c(c4ccccc4n3CC3C=CC(C(=O)NO)=CC3C)C2)cc1. The van der Waals surface area contributed by atoms with E-state index in [1.807, 2.05) is 24.3 Å². The van der Waals surface area contributed by atoms with Gasteiger partial charge in [0.15, 0.2) is 0 Å². The molecule has 6 heteroatoms. The van der Waals surface area contributed by atoms with Gasteiger partial charge in [-0.05, 0) is 35.2 Å². The minimum Gasteiger partial charge on any atom is -0.497 e. The van der Waals surface area contributed by atoms with Gasteiger partial charge in [0.25, 0.3) is 5.91 Å². The molecule has 2 atom stereocenters. The third-order valence-electron chi connectivity index (χ3n) is 7.20. The second-order valence-corrected chi connectivity index (χ2v) is 9.31. The minimum atomic E-state index is -0.456. The van der Waals surface area contributed by atoms with Gasteiger partial charge in [-0.25, -0.2) is 5.48 Å². The van der Waals surface area contributed by atoms with E-state index in [2.05, 4.69) is 58.9 Å². The summed E-state index contributed by atoms with van der Waals surface area (Å²) in [5.74, 6) is 0.914. The smallest absolute Gasteiger partial charge is 0.274 e. The molecule has 2 aromatic carbocycles. The van der Waals surface area contributed by atoms with Crippen molar-refractivity contribution in [3.63, 3.8) is 0 Å². The summed E-state index contributed by atoms with van der Waals surface area (Å²) in [4.78, 5) is 14.3. The zero-order valence-electron chi connectivity index (χ0n) is 19.7. The highest BCUT2D eigenvalue weighted by atomic mass is 16.5. The molecule has 1 aliphatic carbocycles. The van der Waals surface area contributed by atoms with Crippen LogP contribution in [0.2, 0.25) is 0 Å². The number of nitrogens with zero attached hydrogens (tertiary/aromatic N) is 2. The first kappa shape index (κ1) is 22.4. The highest BCUT2D eigenvalue weighted by molar-refractivity contribution is 5.95. The number of methoxy groups -OCH3 is 1. The third kappa shape index (κ3) is 4.27. The second kappa shape index (κ2) is 9.49. The van der Waals surface area contributed by atoms with E-state index in [1.165, 1.54) is 27.7 Å². The van der Waals surface area contributed by atoms with Crippen LogP contribution in [0.15, 0.2) is 72.3 Å². The molecule has 0 bridgehead atoms. The number of allylic oxidation sites excluding steroid dienone is 2. The summed E-state index contributed by atoms with van der Waals surface area (Å²) >= 11 is 0. The number of rotatable bonds is 6. The fourth-order valence-corrected chi connectivity index (χ4v) is 5.31. The Hall–Kier alpha value is -3.35. The zero-order valence-corrected chi connectivity index (χ0v) is 19.7. The number of aromatic nitrogens is 1. The van der Waals surface area contributed by atoms with E-state index in [4.69, 9.17) is 9.94 Å². The Bertz CT molecular complexity index is 1260. The van der Waals surface area contributed by atoms with E-state index >= 15 is 0 Å². The van der Waals surface area contributed by atoms with Crippen molar-refractivity contribution in [3.8, 4) is 5.75 Å². The summed E-state index contributed by atoms with van der Waals surface area (Å²) in [5, 5.41) is 10.3. The average molecular weight is 458 g/mol. The van der Waals surface area contributed by atoms with Crippen LogP contribution in [-0.4, -0.2) is 34.2 Å². The first-order chi connectivity index (χ1) is 16.6. The van der Waals surface area contributed by atoms with Crippen LogP contribution in [-0.2, 0) is 30.8 Å². The summed E-state index contributed by atoms with van der Waals surface area (Å²) in [5.41, 5.74) is 7.68. The average Bonchev–Trinajstić information content (AvgIpc) is 3.18. The molecule has 2 aliphatic rings. The normalized spacial score (nSPS) is 20.1. The predicted molar refractivity (Wildman–Crippen MR) is 133 cm³/mol. The predicted octanol–water partition coefficient (Wildman–Crippen LogP) is 4.46. The van der Waals surface area contributed by atoms with Gasteiger partial charge in [-0.1, -0.05) is 55.5 Å². The van der Waals surface area contributed by atoms with E-state index in [9.17, 15) is 4.79 Å². The lowest BCUT2D eigenvalue weighted by molar-refractivity contribution is -0.125. The van der Waals surface area contributed by atoms with E-state index in [1.54, 1.807) is 12.6 Å². The van der Waals surface area contributed by atoms with Gasteiger partial charge in [-0.2, -0.15) is 0 Å². The third-order valence-corrected chi connectivity index (χ3v) is 7.20. The number of carbonyl (C=O) groups excluding carboxylic acids is 1. The molecule has 34 heavy (non-hydrogen) atoms. The molecule has 0 saturated heterocycles. The summed E-state index contributed by atoms with van der Waals surface area (Å²) in [7, 11) is 1.70. The van der Waals surface area contributed by atoms with Crippen LogP contribution in [0.1, 0.15) is 23.7 Å². The molecule has 0 radical (unpaired) electrons. The summed E-state index contributed by atoms with van der Waals surface area (Å²) in [6.45, 7) is 5.88. The van der Waals surface area contributed by atoms with Gasteiger partial charge in [0.1, 0.15) is 5.75 Å². The maximum atomic E-state index is 11.8. The van der Waals surface area contributed by atoms with Crippen LogP contribution in [0.25, 0.3) is 10.9 Å².